The van der Waals surface area contributed by atoms with Crippen LogP contribution in [0.15, 0.2) is 30.7 Å². The van der Waals surface area contributed by atoms with Gasteiger partial charge in [0, 0.05) is 6.04 Å². The average molecular weight is 231 g/mol. The fourth-order valence-electron chi connectivity index (χ4n) is 1.83. The minimum atomic E-state index is -0.0669. The van der Waals surface area contributed by atoms with Gasteiger partial charge in [-0.25, -0.2) is 4.98 Å². The molecule has 4 heteroatoms. The van der Waals surface area contributed by atoms with Gasteiger partial charge < -0.3 is 10.5 Å². The molecule has 0 saturated heterocycles. The normalized spacial score (nSPS) is 12.5. The molecule has 0 aliphatic heterocycles. The van der Waals surface area contributed by atoms with Crippen molar-refractivity contribution >= 4 is 0 Å². The summed E-state index contributed by atoms with van der Waals surface area (Å²) in [6.45, 7) is 3.99. The highest BCUT2D eigenvalue weighted by atomic mass is 16.5. The Morgan fingerprint density at radius 1 is 1.41 bits per heavy atom. The summed E-state index contributed by atoms with van der Waals surface area (Å²) in [5.41, 5.74) is 9.03. The summed E-state index contributed by atoms with van der Waals surface area (Å²) in [7, 11) is 1.66. The van der Waals surface area contributed by atoms with Gasteiger partial charge >= 0.3 is 0 Å². The maximum absolute atomic E-state index is 5.92. The highest BCUT2D eigenvalue weighted by molar-refractivity contribution is 5.50. The van der Waals surface area contributed by atoms with E-state index in [1.54, 1.807) is 19.6 Å². The number of ether oxygens (including phenoxy) is 1. The molecule has 2 N–H and O–H groups in total. The molecular formula is C13H17N3O. The first-order chi connectivity index (χ1) is 8.13. The SMILES string of the molecule is COc1ccc(C)cc1-n1cncc1[C@H](C)N. The van der Waals surface area contributed by atoms with Crippen molar-refractivity contribution < 1.29 is 4.74 Å². The van der Waals surface area contributed by atoms with Crippen LogP contribution in [0.5, 0.6) is 5.75 Å². The summed E-state index contributed by atoms with van der Waals surface area (Å²) in [5.74, 6) is 0.815. The zero-order valence-electron chi connectivity index (χ0n) is 10.3. The van der Waals surface area contributed by atoms with E-state index >= 15 is 0 Å². The maximum atomic E-state index is 5.92. The second kappa shape index (κ2) is 4.59. The van der Waals surface area contributed by atoms with E-state index < -0.39 is 0 Å². The number of aromatic nitrogens is 2. The number of imidazole rings is 1. The number of nitrogens with zero attached hydrogens (tertiary/aromatic N) is 2. The Labute approximate surface area is 101 Å². The van der Waals surface area contributed by atoms with E-state index in [-0.39, 0.29) is 6.04 Å². The van der Waals surface area contributed by atoms with E-state index in [4.69, 9.17) is 10.5 Å². The zero-order chi connectivity index (χ0) is 12.4. The number of nitrogens with two attached hydrogens (primary N) is 1. The molecule has 90 valence electrons. The second-order valence-corrected chi connectivity index (χ2v) is 4.15. The van der Waals surface area contributed by atoms with Crippen LogP contribution in [0.3, 0.4) is 0 Å². The third kappa shape index (κ3) is 2.17. The molecule has 1 aromatic carbocycles. The van der Waals surface area contributed by atoms with Crippen molar-refractivity contribution in [2.24, 2.45) is 5.73 Å². The van der Waals surface area contributed by atoms with Gasteiger partial charge in [0.1, 0.15) is 5.75 Å². The van der Waals surface area contributed by atoms with Crippen molar-refractivity contribution in [1.29, 1.82) is 0 Å². The Kier molecular flexibility index (Phi) is 3.15. The zero-order valence-corrected chi connectivity index (χ0v) is 10.3. The van der Waals surface area contributed by atoms with Crippen LogP contribution < -0.4 is 10.5 Å². The summed E-state index contributed by atoms with van der Waals surface area (Å²) < 4.78 is 7.34. The lowest BCUT2D eigenvalue weighted by Crippen LogP contribution is -2.11. The molecule has 0 radical (unpaired) electrons. The lowest BCUT2D eigenvalue weighted by molar-refractivity contribution is 0.412. The molecule has 0 bridgehead atoms. The topological polar surface area (TPSA) is 53.1 Å². The molecule has 1 aromatic heterocycles. The molecule has 2 rings (SSSR count). The molecule has 0 spiro atoms. The molecule has 0 aliphatic carbocycles. The minimum Gasteiger partial charge on any atom is -0.495 e. The van der Waals surface area contributed by atoms with Gasteiger partial charge in [0.05, 0.1) is 31.0 Å². The minimum absolute atomic E-state index is 0.0669. The van der Waals surface area contributed by atoms with Crippen LogP contribution in [0.1, 0.15) is 24.2 Å². The standard InChI is InChI=1S/C13H17N3O/c1-9-4-5-13(17-3)11(6-9)16-8-15-7-12(16)10(2)14/h4-8,10H,14H2,1-3H3/t10-/m0/s1. The van der Waals surface area contributed by atoms with E-state index in [2.05, 4.69) is 11.1 Å². The molecule has 0 amide bonds. The largest absolute Gasteiger partial charge is 0.495 e. The van der Waals surface area contributed by atoms with Crippen molar-refractivity contribution in [3.8, 4) is 11.4 Å². The van der Waals surface area contributed by atoms with Crippen molar-refractivity contribution in [3.05, 3.63) is 42.0 Å². The fraction of sp³-hybridized carbons (Fsp3) is 0.308. The number of methoxy groups -OCH3 is 1. The monoisotopic (exact) mass is 231 g/mol. The molecule has 0 aliphatic rings. The summed E-state index contributed by atoms with van der Waals surface area (Å²) >= 11 is 0. The van der Waals surface area contributed by atoms with E-state index in [0.29, 0.717) is 0 Å². The Morgan fingerprint density at radius 2 is 2.18 bits per heavy atom. The lowest BCUT2D eigenvalue weighted by Gasteiger charge is -2.14. The molecule has 0 fully saturated rings. The molecule has 1 heterocycles. The smallest absolute Gasteiger partial charge is 0.142 e. The molecule has 1 atom stereocenters. The van der Waals surface area contributed by atoms with Crippen molar-refractivity contribution in [2.75, 3.05) is 7.11 Å². The van der Waals surface area contributed by atoms with Gasteiger partial charge in [-0.3, -0.25) is 4.57 Å². The van der Waals surface area contributed by atoms with E-state index in [9.17, 15) is 0 Å². The van der Waals surface area contributed by atoms with Gasteiger partial charge in [-0.05, 0) is 31.5 Å². The van der Waals surface area contributed by atoms with Crippen LogP contribution in [0.4, 0.5) is 0 Å². The molecule has 17 heavy (non-hydrogen) atoms. The van der Waals surface area contributed by atoms with Gasteiger partial charge in [0.15, 0.2) is 0 Å². The molecule has 0 saturated carbocycles. The van der Waals surface area contributed by atoms with Gasteiger partial charge in [0.25, 0.3) is 0 Å². The Balaban J connectivity index is 2.59. The Bertz CT molecular complexity index is 517. The number of hydrogen-bond acceptors (Lipinski definition) is 3. The first-order valence-corrected chi connectivity index (χ1v) is 5.56. The molecule has 4 nitrogen and oxygen atoms in total. The summed E-state index contributed by atoms with van der Waals surface area (Å²) in [5, 5.41) is 0. The van der Waals surface area contributed by atoms with Gasteiger partial charge in [-0.2, -0.15) is 0 Å². The molecular weight excluding hydrogens is 214 g/mol. The number of aryl methyl sites for hydroxylation is 1. The Hall–Kier alpha value is -1.81. The third-order valence-corrected chi connectivity index (χ3v) is 2.73. The van der Waals surface area contributed by atoms with Gasteiger partial charge in [-0.15, -0.1) is 0 Å². The van der Waals surface area contributed by atoms with Gasteiger partial charge in [-0.1, -0.05) is 6.07 Å². The average Bonchev–Trinajstić information content (AvgIpc) is 2.77. The Morgan fingerprint density at radius 3 is 2.82 bits per heavy atom. The van der Waals surface area contributed by atoms with Crippen molar-refractivity contribution in [2.45, 2.75) is 19.9 Å². The predicted molar refractivity (Wildman–Crippen MR) is 67.5 cm³/mol. The fourth-order valence-corrected chi connectivity index (χ4v) is 1.83. The van der Waals surface area contributed by atoms with Crippen LogP contribution >= 0.6 is 0 Å². The van der Waals surface area contributed by atoms with Crippen LogP contribution in [-0.2, 0) is 0 Å². The number of hydrogen-bond donors (Lipinski definition) is 1. The summed E-state index contributed by atoms with van der Waals surface area (Å²) in [6, 6.07) is 5.97. The highest BCUT2D eigenvalue weighted by Gasteiger charge is 2.12. The highest BCUT2D eigenvalue weighted by Crippen LogP contribution is 2.26. The van der Waals surface area contributed by atoms with Gasteiger partial charge in [0.2, 0.25) is 0 Å². The quantitative estimate of drug-likeness (QED) is 0.881. The van der Waals surface area contributed by atoms with E-state index in [1.807, 2.05) is 30.5 Å². The second-order valence-electron chi connectivity index (χ2n) is 4.15. The van der Waals surface area contributed by atoms with Crippen LogP contribution in [-0.4, -0.2) is 16.7 Å². The number of benzene rings is 1. The van der Waals surface area contributed by atoms with Crippen LogP contribution in [0.2, 0.25) is 0 Å². The van der Waals surface area contributed by atoms with E-state index in [1.165, 1.54) is 5.56 Å². The van der Waals surface area contributed by atoms with Crippen molar-refractivity contribution in [3.63, 3.8) is 0 Å². The van der Waals surface area contributed by atoms with E-state index in [0.717, 1.165) is 17.1 Å². The van der Waals surface area contributed by atoms with Crippen LogP contribution in [0, 0.1) is 6.92 Å². The predicted octanol–water partition coefficient (Wildman–Crippen LogP) is 2.21. The molecule has 0 unspecified atom stereocenters. The van der Waals surface area contributed by atoms with Crippen LogP contribution in [0.25, 0.3) is 5.69 Å². The first-order valence-electron chi connectivity index (χ1n) is 5.56. The number of rotatable bonds is 3. The lowest BCUT2D eigenvalue weighted by atomic mass is 10.2. The maximum Gasteiger partial charge on any atom is 0.142 e. The van der Waals surface area contributed by atoms with Crippen molar-refractivity contribution in [1.82, 2.24) is 9.55 Å². The first kappa shape index (κ1) is 11.7. The third-order valence-electron chi connectivity index (χ3n) is 2.73. The summed E-state index contributed by atoms with van der Waals surface area (Å²) in [4.78, 5) is 4.15. The molecule has 2 aromatic rings. The summed E-state index contributed by atoms with van der Waals surface area (Å²) in [6.07, 6.45) is 3.54.